The summed E-state index contributed by atoms with van der Waals surface area (Å²) in [6.45, 7) is 10.3. The van der Waals surface area contributed by atoms with Crippen LogP contribution in [-0.2, 0) is 4.74 Å². The van der Waals surface area contributed by atoms with E-state index < -0.39 is 12.4 Å². The fraction of sp³-hybridized carbons (Fsp3) is 0.350. The summed E-state index contributed by atoms with van der Waals surface area (Å²) in [5.41, 5.74) is 3.86. The molecule has 2 aromatic carbocycles. The van der Waals surface area contributed by atoms with E-state index in [1.54, 1.807) is 12.1 Å². The zero-order valence-electron chi connectivity index (χ0n) is 15.3. The number of benzene rings is 2. The molecule has 134 valence electrons. The van der Waals surface area contributed by atoms with Gasteiger partial charge in [-0.2, -0.15) is 0 Å². The largest absolute Gasteiger partial charge is 0.515 e. The first-order chi connectivity index (χ1) is 11.8. The Morgan fingerprint density at radius 2 is 1.80 bits per heavy atom. The highest BCUT2D eigenvalue weighted by Gasteiger charge is 2.19. The van der Waals surface area contributed by atoms with Gasteiger partial charge in [0, 0.05) is 17.3 Å². The van der Waals surface area contributed by atoms with E-state index in [-0.39, 0.29) is 0 Å². The number of carbonyl (C=O) groups is 1. The molecule has 0 saturated carbocycles. The lowest BCUT2D eigenvalue weighted by atomic mass is 10.1. The minimum Gasteiger partial charge on any atom is -0.410 e. The number of aryl methyl sites for hydroxylation is 3. The van der Waals surface area contributed by atoms with Crippen LogP contribution in [-0.4, -0.2) is 18.9 Å². The minimum absolute atomic E-state index is 0.426. The molecule has 1 atom stereocenters. The summed E-state index contributed by atoms with van der Waals surface area (Å²) in [6, 6.07) is 11.5. The normalized spacial score (nSPS) is 11.8. The van der Waals surface area contributed by atoms with Crippen LogP contribution in [0.25, 0.3) is 0 Å². The summed E-state index contributed by atoms with van der Waals surface area (Å²) >= 11 is 6.13. The zero-order valence-corrected chi connectivity index (χ0v) is 16.1. The van der Waals surface area contributed by atoms with E-state index in [4.69, 9.17) is 21.1 Å². The zero-order chi connectivity index (χ0) is 18.6. The van der Waals surface area contributed by atoms with Crippen molar-refractivity contribution in [2.75, 3.05) is 11.4 Å². The SMILES string of the molecule is CCN(c1cccc(C)c1)C(C)OC(=O)Oc1cc(C)c(Cl)c(C)c1. The van der Waals surface area contributed by atoms with E-state index in [1.807, 2.05) is 57.7 Å². The smallest absolute Gasteiger partial charge is 0.410 e. The van der Waals surface area contributed by atoms with Crippen molar-refractivity contribution in [1.29, 1.82) is 0 Å². The molecular weight excluding hydrogens is 338 g/mol. The predicted octanol–water partition coefficient (Wildman–Crippen LogP) is 5.65. The van der Waals surface area contributed by atoms with Crippen molar-refractivity contribution in [3.05, 3.63) is 58.1 Å². The maximum atomic E-state index is 12.1. The van der Waals surface area contributed by atoms with Crippen LogP contribution in [0.5, 0.6) is 5.75 Å². The van der Waals surface area contributed by atoms with Gasteiger partial charge in [0.05, 0.1) is 0 Å². The number of rotatable bonds is 5. The van der Waals surface area contributed by atoms with Gasteiger partial charge in [0.15, 0.2) is 6.23 Å². The topological polar surface area (TPSA) is 38.8 Å². The van der Waals surface area contributed by atoms with E-state index in [9.17, 15) is 4.79 Å². The second-order valence-corrected chi connectivity index (χ2v) is 6.44. The molecule has 0 N–H and O–H groups in total. The fourth-order valence-electron chi connectivity index (χ4n) is 2.74. The molecule has 0 spiro atoms. The first kappa shape index (κ1) is 19.1. The molecule has 25 heavy (non-hydrogen) atoms. The Hall–Kier alpha value is -2.20. The third kappa shape index (κ3) is 4.89. The van der Waals surface area contributed by atoms with E-state index in [0.717, 1.165) is 22.4 Å². The summed E-state index contributed by atoms with van der Waals surface area (Å²) in [5.74, 6) is 0.426. The van der Waals surface area contributed by atoms with Crippen molar-refractivity contribution < 1.29 is 14.3 Å². The summed E-state index contributed by atoms with van der Waals surface area (Å²) in [5, 5.41) is 0.672. The van der Waals surface area contributed by atoms with E-state index in [0.29, 0.717) is 17.3 Å². The fourth-order valence-corrected chi connectivity index (χ4v) is 2.85. The molecule has 2 rings (SSSR count). The Morgan fingerprint density at radius 3 is 2.36 bits per heavy atom. The van der Waals surface area contributed by atoms with Gasteiger partial charge >= 0.3 is 6.16 Å². The Morgan fingerprint density at radius 1 is 1.16 bits per heavy atom. The van der Waals surface area contributed by atoms with Crippen LogP contribution in [0, 0.1) is 20.8 Å². The summed E-state index contributed by atoms with van der Waals surface area (Å²) in [6.07, 6.45) is -1.19. The Balaban J connectivity index is 2.06. The van der Waals surface area contributed by atoms with E-state index >= 15 is 0 Å². The molecule has 1 unspecified atom stereocenters. The number of ether oxygens (including phenoxy) is 2. The van der Waals surface area contributed by atoms with Gasteiger partial charge in [0.2, 0.25) is 0 Å². The van der Waals surface area contributed by atoms with E-state index in [1.165, 1.54) is 0 Å². The molecule has 0 heterocycles. The highest BCUT2D eigenvalue weighted by Crippen LogP contribution is 2.26. The second kappa shape index (κ2) is 8.26. The van der Waals surface area contributed by atoms with E-state index in [2.05, 4.69) is 6.07 Å². The third-order valence-electron chi connectivity index (χ3n) is 3.99. The first-order valence-corrected chi connectivity index (χ1v) is 8.68. The molecule has 0 aromatic heterocycles. The summed E-state index contributed by atoms with van der Waals surface area (Å²) < 4.78 is 10.8. The molecule has 4 nitrogen and oxygen atoms in total. The monoisotopic (exact) mass is 361 g/mol. The van der Waals surface area contributed by atoms with Gasteiger partial charge in [-0.25, -0.2) is 4.79 Å². The van der Waals surface area contributed by atoms with Gasteiger partial charge in [0.25, 0.3) is 0 Å². The van der Waals surface area contributed by atoms with Crippen molar-refractivity contribution in [1.82, 2.24) is 0 Å². The Bertz CT molecular complexity index is 737. The number of carbonyl (C=O) groups excluding carboxylic acids is 1. The second-order valence-electron chi connectivity index (χ2n) is 6.07. The van der Waals surface area contributed by atoms with Gasteiger partial charge in [-0.05, 0) is 75.6 Å². The molecule has 2 aromatic rings. The van der Waals surface area contributed by atoms with Crippen molar-refractivity contribution in [2.45, 2.75) is 40.8 Å². The van der Waals surface area contributed by atoms with Gasteiger partial charge < -0.3 is 14.4 Å². The Kier molecular flexibility index (Phi) is 6.32. The molecule has 5 heteroatoms. The summed E-state index contributed by atoms with van der Waals surface area (Å²) in [7, 11) is 0. The van der Waals surface area contributed by atoms with Crippen LogP contribution in [0.2, 0.25) is 5.02 Å². The maximum absolute atomic E-state index is 12.1. The number of nitrogens with zero attached hydrogens (tertiary/aromatic N) is 1. The number of halogens is 1. The highest BCUT2D eigenvalue weighted by molar-refractivity contribution is 6.32. The van der Waals surface area contributed by atoms with Crippen LogP contribution in [0.3, 0.4) is 0 Å². The lowest BCUT2D eigenvalue weighted by Crippen LogP contribution is -2.37. The third-order valence-corrected chi connectivity index (χ3v) is 4.59. The van der Waals surface area contributed by atoms with Crippen molar-refractivity contribution >= 4 is 23.4 Å². The maximum Gasteiger partial charge on any atom is 0.515 e. The van der Waals surface area contributed by atoms with Crippen LogP contribution in [0.15, 0.2) is 36.4 Å². The molecule has 0 radical (unpaired) electrons. The standard InChI is InChI=1S/C20H24ClNO3/c1-6-22(17-9-7-8-13(2)10-17)16(5)24-20(23)25-18-11-14(3)19(21)15(4)12-18/h7-12,16H,6H2,1-5H3. The molecular formula is C20H24ClNO3. The molecule has 0 amide bonds. The molecule has 0 aliphatic carbocycles. The molecule has 0 bridgehead atoms. The van der Waals surface area contributed by atoms with Crippen LogP contribution in [0.1, 0.15) is 30.5 Å². The molecule has 0 fully saturated rings. The van der Waals surface area contributed by atoms with Gasteiger partial charge in [-0.15, -0.1) is 0 Å². The molecule has 0 aliphatic rings. The van der Waals surface area contributed by atoms with Crippen molar-refractivity contribution in [2.24, 2.45) is 0 Å². The minimum atomic E-state index is -0.736. The average molecular weight is 362 g/mol. The number of hydrogen-bond acceptors (Lipinski definition) is 4. The summed E-state index contributed by atoms with van der Waals surface area (Å²) in [4.78, 5) is 14.1. The van der Waals surface area contributed by atoms with Gasteiger partial charge in [-0.1, -0.05) is 23.7 Å². The molecule has 0 saturated heterocycles. The number of anilines is 1. The average Bonchev–Trinajstić information content (AvgIpc) is 2.53. The Labute approximate surface area is 154 Å². The molecule has 0 aliphatic heterocycles. The number of hydrogen-bond donors (Lipinski definition) is 0. The lowest BCUT2D eigenvalue weighted by Gasteiger charge is -2.29. The lowest BCUT2D eigenvalue weighted by molar-refractivity contribution is 0.0645. The first-order valence-electron chi connectivity index (χ1n) is 8.30. The van der Waals surface area contributed by atoms with Crippen LogP contribution in [0.4, 0.5) is 10.5 Å². The van der Waals surface area contributed by atoms with Crippen molar-refractivity contribution in [3.8, 4) is 5.75 Å². The predicted molar refractivity (Wildman–Crippen MR) is 102 cm³/mol. The quantitative estimate of drug-likeness (QED) is 0.391. The van der Waals surface area contributed by atoms with Crippen LogP contribution >= 0.6 is 11.6 Å². The van der Waals surface area contributed by atoms with Gasteiger partial charge in [0.1, 0.15) is 5.75 Å². The highest BCUT2D eigenvalue weighted by atomic mass is 35.5. The van der Waals surface area contributed by atoms with Gasteiger partial charge in [-0.3, -0.25) is 0 Å². The van der Waals surface area contributed by atoms with Crippen LogP contribution < -0.4 is 9.64 Å². The van der Waals surface area contributed by atoms with Crippen molar-refractivity contribution in [3.63, 3.8) is 0 Å².